The van der Waals surface area contributed by atoms with Crippen molar-refractivity contribution in [3.05, 3.63) is 29.8 Å². The van der Waals surface area contributed by atoms with Crippen LogP contribution >= 0.6 is 0 Å². The Labute approximate surface area is 114 Å². The zero-order chi connectivity index (χ0) is 13.3. The van der Waals surface area contributed by atoms with Gasteiger partial charge >= 0.3 is 6.03 Å². The molecule has 0 unspecified atom stereocenters. The summed E-state index contributed by atoms with van der Waals surface area (Å²) in [6, 6.07) is 8.11. The van der Waals surface area contributed by atoms with Gasteiger partial charge in [0.15, 0.2) is 0 Å². The number of carbonyl (C=O) groups excluding carboxylic acids is 1. The van der Waals surface area contributed by atoms with Crippen molar-refractivity contribution in [1.29, 1.82) is 0 Å². The molecule has 1 saturated carbocycles. The first kappa shape index (κ1) is 12.5. The highest BCUT2D eigenvalue weighted by Crippen LogP contribution is 2.39. The number of carbonyl (C=O) groups is 1. The number of para-hydroxylation sites is 1. The Morgan fingerprint density at radius 3 is 2.58 bits per heavy atom. The van der Waals surface area contributed by atoms with Crippen LogP contribution in [0.5, 0.6) is 0 Å². The third-order valence-corrected chi connectivity index (χ3v) is 4.33. The number of amides is 2. The summed E-state index contributed by atoms with van der Waals surface area (Å²) >= 11 is 0. The fourth-order valence-electron chi connectivity index (χ4n) is 3.28. The lowest BCUT2D eigenvalue weighted by Crippen LogP contribution is -2.41. The molecule has 19 heavy (non-hydrogen) atoms. The number of nitrogens with one attached hydrogen (secondary N) is 1. The number of nitrogens with two attached hydrogens (primary N) is 1. The number of hydrogen-bond acceptors (Lipinski definition) is 2. The van der Waals surface area contributed by atoms with Gasteiger partial charge in [-0.25, -0.2) is 4.79 Å². The molecule has 0 radical (unpaired) electrons. The third-order valence-electron chi connectivity index (χ3n) is 4.33. The molecule has 2 aliphatic rings. The van der Waals surface area contributed by atoms with Crippen molar-refractivity contribution < 1.29 is 4.79 Å². The summed E-state index contributed by atoms with van der Waals surface area (Å²) in [7, 11) is 0. The van der Waals surface area contributed by atoms with E-state index in [1.165, 1.54) is 19.3 Å². The summed E-state index contributed by atoms with van der Waals surface area (Å²) < 4.78 is 0. The minimum atomic E-state index is -0.266. The van der Waals surface area contributed by atoms with Gasteiger partial charge in [0.1, 0.15) is 0 Å². The van der Waals surface area contributed by atoms with Crippen LogP contribution in [0.15, 0.2) is 24.3 Å². The van der Waals surface area contributed by atoms with Crippen LogP contribution < -0.4 is 16.0 Å². The van der Waals surface area contributed by atoms with Crippen LogP contribution in [-0.4, -0.2) is 19.1 Å². The zero-order valence-electron chi connectivity index (χ0n) is 11.2. The van der Waals surface area contributed by atoms with Crippen molar-refractivity contribution >= 4 is 11.7 Å². The first-order valence-corrected chi connectivity index (χ1v) is 7.14. The largest absolute Gasteiger partial charge is 0.336 e. The monoisotopic (exact) mass is 259 g/mol. The third kappa shape index (κ3) is 2.21. The van der Waals surface area contributed by atoms with Gasteiger partial charge in [-0.3, -0.25) is 4.90 Å². The minimum absolute atomic E-state index is 0.00754. The minimum Gasteiger partial charge on any atom is -0.336 e. The van der Waals surface area contributed by atoms with Gasteiger partial charge in [-0.15, -0.1) is 0 Å². The van der Waals surface area contributed by atoms with Gasteiger partial charge in [0, 0.05) is 18.6 Å². The Morgan fingerprint density at radius 2 is 1.89 bits per heavy atom. The maximum Gasteiger partial charge on any atom is 0.322 e. The highest BCUT2D eigenvalue weighted by Gasteiger charge is 2.34. The van der Waals surface area contributed by atoms with Crippen molar-refractivity contribution in [2.45, 2.75) is 37.6 Å². The van der Waals surface area contributed by atoms with Crippen LogP contribution in [-0.2, 0) is 5.54 Å². The molecular formula is C15H21N3O. The van der Waals surface area contributed by atoms with E-state index in [-0.39, 0.29) is 11.6 Å². The average molecular weight is 259 g/mol. The Hall–Kier alpha value is -1.55. The van der Waals surface area contributed by atoms with Crippen molar-refractivity contribution in [2.75, 3.05) is 18.0 Å². The summed E-state index contributed by atoms with van der Waals surface area (Å²) in [5.74, 6) is 0. The molecule has 3 N–H and O–H groups in total. The molecule has 2 amide bonds. The summed E-state index contributed by atoms with van der Waals surface area (Å²) in [4.78, 5) is 13.7. The number of rotatable bonds is 2. The highest BCUT2D eigenvalue weighted by atomic mass is 16.2. The summed E-state index contributed by atoms with van der Waals surface area (Å²) in [5, 5.41) is 2.86. The van der Waals surface area contributed by atoms with E-state index in [0.29, 0.717) is 6.54 Å². The highest BCUT2D eigenvalue weighted by molar-refractivity contribution is 5.95. The van der Waals surface area contributed by atoms with Gasteiger partial charge in [-0.05, 0) is 24.5 Å². The molecule has 1 aromatic carbocycles. The van der Waals surface area contributed by atoms with E-state index in [4.69, 9.17) is 5.73 Å². The molecule has 2 fully saturated rings. The van der Waals surface area contributed by atoms with Gasteiger partial charge < -0.3 is 11.1 Å². The first-order valence-electron chi connectivity index (χ1n) is 7.14. The number of nitrogens with zero attached hydrogens (tertiary/aromatic N) is 1. The Balaban J connectivity index is 1.99. The molecule has 1 saturated heterocycles. The second-order valence-electron chi connectivity index (χ2n) is 5.62. The van der Waals surface area contributed by atoms with Crippen molar-refractivity contribution in [1.82, 2.24) is 5.32 Å². The predicted molar refractivity (Wildman–Crippen MR) is 76.1 cm³/mol. The van der Waals surface area contributed by atoms with Crippen LogP contribution in [0.4, 0.5) is 10.5 Å². The normalized spacial score (nSPS) is 22.4. The predicted octanol–water partition coefficient (Wildman–Crippen LogP) is 2.33. The standard InChI is InChI=1S/C15H21N3O/c16-15(8-4-1-5-9-15)12-6-2-3-7-13(12)18-11-10-17-14(18)19/h2-3,6-7H,1,4-5,8-11,16H2,(H,17,19). The van der Waals surface area contributed by atoms with Crippen LogP contribution in [0.1, 0.15) is 37.7 Å². The molecule has 1 aromatic rings. The van der Waals surface area contributed by atoms with E-state index in [1.807, 2.05) is 23.1 Å². The number of urea groups is 1. The van der Waals surface area contributed by atoms with Crippen LogP contribution in [0.2, 0.25) is 0 Å². The second kappa shape index (κ2) is 4.85. The van der Waals surface area contributed by atoms with Crippen molar-refractivity contribution in [2.24, 2.45) is 5.73 Å². The molecule has 0 atom stereocenters. The second-order valence-corrected chi connectivity index (χ2v) is 5.62. The lowest BCUT2D eigenvalue weighted by Gasteiger charge is -2.36. The van der Waals surface area contributed by atoms with Crippen LogP contribution in [0.3, 0.4) is 0 Å². The number of benzene rings is 1. The topological polar surface area (TPSA) is 58.4 Å². The fraction of sp³-hybridized carbons (Fsp3) is 0.533. The summed E-state index contributed by atoms with van der Waals surface area (Å²) in [6.45, 7) is 1.44. The molecular weight excluding hydrogens is 238 g/mol. The Bertz CT molecular complexity index is 480. The van der Waals surface area contributed by atoms with E-state index >= 15 is 0 Å². The summed E-state index contributed by atoms with van der Waals surface area (Å²) in [5.41, 5.74) is 8.49. The molecule has 0 aromatic heterocycles. The molecule has 1 aliphatic carbocycles. The maximum atomic E-state index is 11.9. The summed E-state index contributed by atoms with van der Waals surface area (Å²) in [6.07, 6.45) is 5.65. The SMILES string of the molecule is NC1(c2ccccc2N2CCNC2=O)CCCCC1. The van der Waals surface area contributed by atoms with Gasteiger partial charge in [0.05, 0.1) is 5.69 Å². The lowest BCUT2D eigenvalue weighted by molar-refractivity contribution is 0.252. The van der Waals surface area contributed by atoms with Crippen LogP contribution in [0, 0.1) is 0 Å². The molecule has 4 heteroatoms. The van der Waals surface area contributed by atoms with Crippen LogP contribution in [0.25, 0.3) is 0 Å². The van der Waals surface area contributed by atoms with E-state index in [9.17, 15) is 4.79 Å². The van der Waals surface area contributed by atoms with Crippen molar-refractivity contribution in [3.8, 4) is 0 Å². The van der Waals surface area contributed by atoms with Gasteiger partial charge in [-0.2, -0.15) is 0 Å². The fourth-order valence-corrected chi connectivity index (χ4v) is 3.28. The Kier molecular flexibility index (Phi) is 3.19. The lowest BCUT2D eigenvalue weighted by atomic mass is 9.76. The van der Waals surface area contributed by atoms with E-state index in [0.717, 1.165) is 30.6 Å². The van der Waals surface area contributed by atoms with E-state index in [1.54, 1.807) is 0 Å². The molecule has 0 spiro atoms. The molecule has 4 nitrogen and oxygen atoms in total. The smallest absolute Gasteiger partial charge is 0.322 e. The van der Waals surface area contributed by atoms with Gasteiger partial charge in [0.25, 0.3) is 0 Å². The Morgan fingerprint density at radius 1 is 1.16 bits per heavy atom. The maximum absolute atomic E-state index is 11.9. The average Bonchev–Trinajstić information content (AvgIpc) is 2.86. The van der Waals surface area contributed by atoms with Crippen molar-refractivity contribution in [3.63, 3.8) is 0 Å². The van der Waals surface area contributed by atoms with E-state index < -0.39 is 0 Å². The quantitative estimate of drug-likeness (QED) is 0.856. The molecule has 3 rings (SSSR count). The van der Waals surface area contributed by atoms with Gasteiger partial charge in [0.2, 0.25) is 0 Å². The van der Waals surface area contributed by atoms with E-state index in [2.05, 4.69) is 11.4 Å². The number of anilines is 1. The molecule has 102 valence electrons. The molecule has 1 aliphatic heterocycles. The first-order chi connectivity index (χ1) is 9.21. The molecule has 1 heterocycles. The number of hydrogen-bond donors (Lipinski definition) is 2. The molecule has 0 bridgehead atoms. The zero-order valence-corrected chi connectivity index (χ0v) is 11.2. The van der Waals surface area contributed by atoms with Gasteiger partial charge in [-0.1, -0.05) is 37.5 Å².